The van der Waals surface area contributed by atoms with Crippen LogP contribution in [0.25, 0.3) is 0 Å². The van der Waals surface area contributed by atoms with Crippen molar-refractivity contribution in [1.29, 1.82) is 0 Å². The van der Waals surface area contributed by atoms with Gasteiger partial charge in [-0.1, -0.05) is 29.8 Å². The highest BCUT2D eigenvalue weighted by atomic mass is 79.9. The molecule has 0 heterocycles. The molecule has 2 nitrogen and oxygen atoms in total. The van der Waals surface area contributed by atoms with Crippen LogP contribution in [0.1, 0.15) is 25.3 Å². The lowest BCUT2D eigenvalue weighted by atomic mass is 10.0. The van der Waals surface area contributed by atoms with Crippen molar-refractivity contribution in [3.05, 3.63) is 52.3 Å². The maximum Gasteiger partial charge on any atom is 0.132 e. The van der Waals surface area contributed by atoms with Gasteiger partial charge in [-0.25, -0.2) is 4.39 Å². The highest BCUT2D eigenvalue weighted by Gasteiger charge is 2.10. The van der Waals surface area contributed by atoms with Crippen LogP contribution in [-0.2, 0) is 0 Å². The van der Waals surface area contributed by atoms with Crippen molar-refractivity contribution in [3.63, 3.8) is 0 Å². The zero-order chi connectivity index (χ0) is 14.0. The molecule has 0 aromatic heterocycles. The molecule has 0 bridgehead atoms. The summed E-state index contributed by atoms with van der Waals surface area (Å²) in [6.07, 6.45) is 0. The first-order valence-corrected chi connectivity index (χ1v) is 6.78. The molecule has 0 amide bonds. The SMILES string of the molecule is CC(C)c1cc(Br)ccc1Oc1cc(N)cc(F)c1. The van der Waals surface area contributed by atoms with Crippen molar-refractivity contribution in [3.8, 4) is 11.5 Å². The number of halogens is 2. The first-order chi connectivity index (χ1) is 8.95. The fraction of sp³-hybridized carbons (Fsp3) is 0.200. The number of nitrogens with two attached hydrogens (primary N) is 1. The maximum absolute atomic E-state index is 13.3. The Morgan fingerprint density at radius 2 is 1.89 bits per heavy atom. The summed E-state index contributed by atoms with van der Waals surface area (Å²) in [6, 6.07) is 9.95. The average molecular weight is 324 g/mol. The molecule has 2 aromatic rings. The van der Waals surface area contributed by atoms with Gasteiger partial charge in [-0.2, -0.15) is 0 Å². The Hall–Kier alpha value is -1.55. The molecule has 19 heavy (non-hydrogen) atoms. The minimum Gasteiger partial charge on any atom is -0.457 e. The topological polar surface area (TPSA) is 35.2 Å². The molecule has 100 valence electrons. The first kappa shape index (κ1) is 13.9. The molecule has 0 atom stereocenters. The molecule has 0 aliphatic rings. The molecule has 0 aliphatic heterocycles. The van der Waals surface area contributed by atoms with Crippen molar-refractivity contribution in [2.24, 2.45) is 0 Å². The largest absolute Gasteiger partial charge is 0.457 e. The second-order valence-electron chi connectivity index (χ2n) is 4.66. The van der Waals surface area contributed by atoms with Gasteiger partial charge in [0, 0.05) is 22.3 Å². The van der Waals surface area contributed by atoms with Gasteiger partial charge < -0.3 is 10.5 Å². The summed E-state index contributed by atoms with van der Waals surface area (Å²) in [5.41, 5.74) is 7.01. The van der Waals surface area contributed by atoms with Crippen molar-refractivity contribution in [2.45, 2.75) is 19.8 Å². The Morgan fingerprint density at radius 1 is 1.16 bits per heavy atom. The monoisotopic (exact) mass is 323 g/mol. The summed E-state index contributed by atoms with van der Waals surface area (Å²) in [7, 11) is 0. The molecule has 0 aliphatic carbocycles. The number of hydrogen-bond donors (Lipinski definition) is 1. The number of hydrogen-bond acceptors (Lipinski definition) is 2. The third-order valence-corrected chi connectivity index (χ3v) is 3.21. The van der Waals surface area contributed by atoms with Crippen molar-refractivity contribution < 1.29 is 9.13 Å². The van der Waals surface area contributed by atoms with E-state index in [-0.39, 0.29) is 0 Å². The number of nitrogen functional groups attached to an aromatic ring is 1. The Morgan fingerprint density at radius 3 is 2.53 bits per heavy atom. The molecule has 0 radical (unpaired) electrons. The van der Waals surface area contributed by atoms with E-state index in [0.29, 0.717) is 23.1 Å². The fourth-order valence-electron chi connectivity index (χ4n) is 1.83. The Labute approximate surface area is 120 Å². The Balaban J connectivity index is 2.37. The van der Waals surface area contributed by atoms with E-state index in [1.165, 1.54) is 12.1 Å². The smallest absolute Gasteiger partial charge is 0.132 e. The van der Waals surface area contributed by atoms with E-state index in [2.05, 4.69) is 29.8 Å². The van der Waals surface area contributed by atoms with E-state index in [4.69, 9.17) is 10.5 Å². The zero-order valence-electron chi connectivity index (χ0n) is 10.8. The summed E-state index contributed by atoms with van der Waals surface area (Å²) in [6.45, 7) is 4.16. The highest BCUT2D eigenvalue weighted by Crippen LogP contribution is 2.33. The molecule has 4 heteroatoms. The van der Waals surface area contributed by atoms with Crippen molar-refractivity contribution in [1.82, 2.24) is 0 Å². The minimum absolute atomic E-state index is 0.304. The van der Waals surface area contributed by atoms with Gasteiger partial charge in [0.05, 0.1) is 0 Å². The first-order valence-electron chi connectivity index (χ1n) is 5.99. The van der Waals surface area contributed by atoms with Gasteiger partial charge in [0.2, 0.25) is 0 Å². The van der Waals surface area contributed by atoms with Crippen LogP contribution in [0.15, 0.2) is 40.9 Å². The third-order valence-electron chi connectivity index (χ3n) is 2.72. The average Bonchev–Trinajstić information content (AvgIpc) is 2.30. The lowest BCUT2D eigenvalue weighted by Gasteiger charge is -2.14. The molecular weight excluding hydrogens is 309 g/mol. The van der Waals surface area contributed by atoms with Crippen LogP contribution in [0.2, 0.25) is 0 Å². The van der Waals surface area contributed by atoms with E-state index in [0.717, 1.165) is 10.0 Å². The molecule has 0 fully saturated rings. The molecule has 2 aromatic carbocycles. The normalized spacial score (nSPS) is 10.8. The van der Waals surface area contributed by atoms with Gasteiger partial charge in [0.25, 0.3) is 0 Å². The molecule has 2 N–H and O–H groups in total. The van der Waals surface area contributed by atoms with Crippen LogP contribution in [0.5, 0.6) is 11.5 Å². The number of benzene rings is 2. The van der Waals surface area contributed by atoms with Gasteiger partial charge >= 0.3 is 0 Å². The fourth-order valence-corrected chi connectivity index (χ4v) is 2.21. The highest BCUT2D eigenvalue weighted by molar-refractivity contribution is 9.10. The molecule has 0 saturated carbocycles. The summed E-state index contributed by atoms with van der Waals surface area (Å²) >= 11 is 3.44. The zero-order valence-corrected chi connectivity index (χ0v) is 12.4. The van der Waals surface area contributed by atoms with Crippen LogP contribution in [0.4, 0.5) is 10.1 Å². The predicted molar refractivity (Wildman–Crippen MR) is 79.1 cm³/mol. The second-order valence-corrected chi connectivity index (χ2v) is 5.57. The summed E-state index contributed by atoms with van der Waals surface area (Å²) in [5, 5.41) is 0. The van der Waals surface area contributed by atoms with E-state index >= 15 is 0 Å². The standard InChI is InChI=1S/C15H15BrFNO/c1-9(2)14-5-10(16)3-4-15(14)19-13-7-11(17)6-12(18)8-13/h3-9H,18H2,1-2H3. The van der Waals surface area contributed by atoms with Gasteiger partial charge in [-0.15, -0.1) is 0 Å². The Kier molecular flexibility index (Phi) is 4.10. The van der Waals surface area contributed by atoms with Crippen molar-refractivity contribution in [2.75, 3.05) is 5.73 Å². The van der Waals surface area contributed by atoms with Crippen LogP contribution in [0.3, 0.4) is 0 Å². The summed E-state index contributed by atoms with van der Waals surface area (Å²) in [5.74, 6) is 1.02. The lowest BCUT2D eigenvalue weighted by molar-refractivity contribution is 0.468. The van der Waals surface area contributed by atoms with Crippen LogP contribution in [-0.4, -0.2) is 0 Å². The number of rotatable bonds is 3. The predicted octanol–water partition coefficient (Wildman–Crippen LogP) is 5.09. The third kappa shape index (κ3) is 3.47. The van der Waals surface area contributed by atoms with Crippen LogP contribution < -0.4 is 10.5 Å². The molecule has 0 spiro atoms. The van der Waals surface area contributed by atoms with E-state index < -0.39 is 5.82 Å². The quantitative estimate of drug-likeness (QED) is 0.799. The van der Waals surface area contributed by atoms with Crippen molar-refractivity contribution >= 4 is 21.6 Å². The van der Waals surface area contributed by atoms with Crippen LogP contribution in [0, 0.1) is 5.82 Å². The molecule has 0 unspecified atom stereocenters. The van der Waals surface area contributed by atoms with E-state index in [1.54, 1.807) is 6.07 Å². The summed E-state index contributed by atoms with van der Waals surface area (Å²) < 4.78 is 20.0. The molecular formula is C15H15BrFNO. The van der Waals surface area contributed by atoms with E-state index in [1.807, 2.05) is 18.2 Å². The minimum atomic E-state index is -0.404. The van der Waals surface area contributed by atoms with Gasteiger partial charge in [0.1, 0.15) is 17.3 Å². The van der Waals surface area contributed by atoms with Crippen LogP contribution >= 0.6 is 15.9 Å². The molecule has 2 rings (SSSR count). The number of ether oxygens (including phenoxy) is 1. The summed E-state index contributed by atoms with van der Waals surface area (Å²) in [4.78, 5) is 0. The van der Waals surface area contributed by atoms with Gasteiger partial charge in [0.15, 0.2) is 0 Å². The number of anilines is 1. The Bertz CT molecular complexity index is 578. The lowest BCUT2D eigenvalue weighted by Crippen LogP contribution is -1.95. The molecule has 0 saturated heterocycles. The van der Waals surface area contributed by atoms with Gasteiger partial charge in [-0.3, -0.25) is 0 Å². The van der Waals surface area contributed by atoms with Gasteiger partial charge in [-0.05, 0) is 35.7 Å². The second kappa shape index (κ2) is 5.61. The maximum atomic E-state index is 13.3. The van der Waals surface area contributed by atoms with E-state index in [9.17, 15) is 4.39 Å².